The molecule has 8 nitrogen and oxygen atoms in total. The molecule has 2 aromatic rings. The highest BCUT2D eigenvalue weighted by Gasteiger charge is 2.41. The monoisotopic (exact) mass is 457 g/mol. The van der Waals surface area contributed by atoms with E-state index in [1.807, 2.05) is 12.4 Å². The molecule has 2 fully saturated rings. The zero-order valence-electron chi connectivity index (χ0n) is 17.8. The van der Waals surface area contributed by atoms with Gasteiger partial charge in [0.2, 0.25) is 11.8 Å². The largest absolute Gasteiger partial charge is 0.369 e. The number of anilines is 1. The summed E-state index contributed by atoms with van der Waals surface area (Å²) in [7, 11) is 0. The van der Waals surface area contributed by atoms with Gasteiger partial charge in [-0.05, 0) is 25.5 Å². The van der Waals surface area contributed by atoms with Crippen LogP contribution in [0.4, 0.5) is 10.1 Å². The number of aromatic nitrogens is 1. The van der Waals surface area contributed by atoms with Crippen molar-refractivity contribution in [3.05, 3.63) is 45.2 Å². The first-order valence-corrected chi connectivity index (χ1v) is 11.6. The van der Waals surface area contributed by atoms with E-state index in [1.165, 1.54) is 21.9 Å². The number of hydrogen-bond donors (Lipinski definition) is 1. The van der Waals surface area contributed by atoms with Crippen molar-refractivity contribution in [3.63, 3.8) is 0 Å². The van der Waals surface area contributed by atoms with E-state index < -0.39 is 17.8 Å². The van der Waals surface area contributed by atoms with Crippen molar-refractivity contribution in [1.82, 2.24) is 20.1 Å². The molecule has 4 heterocycles. The topological polar surface area (TPSA) is 85.8 Å². The summed E-state index contributed by atoms with van der Waals surface area (Å²) >= 11 is 1.66. The molecular formula is C22H24FN5O3S. The number of carbonyl (C=O) groups is 3. The Balaban J connectivity index is 1.33. The summed E-state index contributed by atoms with van der Waals surface area (Å²) in [6.45, 7) is 6.22. The molecule has 3 aliphatic heterocycles. The van der Waals surface area contributed by atoms with Crippen molar-refractivity contribution >= 4 is 34.7 Å². The van der Waals surface area contributed by atoms with Gasteiger partial charge in [0.1, 0.15) is 11.9 Å². The number of piperidine rings is 1. The zero-order valence-corrected chi connectivity index (χ0v) is 18.6. The van der Waals surface area contributed by atoms with Gasteiger partial charge in [-0.3, -0.25) is 24.6 Å². The number of carbonyl (C=O) groups excluding carboxylic acids is 3. The minimum absolute atomic E-state index is 0.193. The Bertz CT molecular complexity index is 1100. The van der Waals surface area contributed by atoms with Gasteiger partial charge in [-0.25, -0.2) is 9.37 Å². The molecule has 0 radical (unpaired) electrons. The number of nitrogens with zero attached hydrogens (tertiary/aromatic N) is 4. The van der Waals surface area contributed by atoms with Crippen molar-refractivity contribution in [2.24, 2.45) is 0 Å². The van der Waals surface area contributed by atoms with Gasteiger partial charge >= 0.3 is 0 Å². The summed E-state index contributed by atoms with van der Waals surface area (Å²) in [4.78, 5) is 48.4. The first-order chi connectivity index (χ1) is 15.4. The number of imide groups is 1. The number of benzene rings is 1. The fraction of sp³-hybridized carbons (Fsp3) is 0.455. The van der Waals surface area contributed by atoms with Crippen LogP contribution in [0.1, 0.15) is 39.3 Å². The number of nitrogens with one attached hydrogen (secondary N) is 1. The van der Waals surface area contributed by atoms with Gasteiger partial charge in [0.05, 0.1) is 11.2 Å². The minimum atomic E-state index is -0.706. The second-order valence-corrected chi connectivity index (χ2v) is 9.41. The number of fused-ring (bicyclic) bond motifs is 1. The van der Waals surface area contributed by atoms with E-state index in [0.29, 0.717) is 5.56 Å². The van der Waals surface area contributed by atoms with Crippen molar-refractivity contribution in [2.45, 2.75) is 38.9 Å². The van der Waals surface area contributed by atoms with Crippen LogP contribution in [-0.4, -0.2) is 64.7 Å². The number of aryl methyl sites for hydroxylation is 1. The molecule has 3 amide bonds. The lowest BCUT2D eigenvalue weighted by Gasteiger charge is -2.37. The third-order valence-corrected chi connectivity index (χ3v) is 7.44. The Kier molecular flexibility index (Phi) is 5.42. The lowest BCUT2D eigenvalue weighted by Crippen LogP contribution is -2.52. The van der Waals surface area contributed by atoms with E-state index in [1.54, 1.807) is 11.3 Å². The quantitative estimate of drug-likeness (QED) is 0.703. The highest BCUT2D eigenvalue weighted by Crippen LogP contribution is 2.35. The molecule has 32 heavy (non-hydrogen) atoms. The van der Waals surface area contributed by atoms with Crippen molar-refractivity contribution in [2.75, 3.05) is 31.1 Å². The summed E-state index contributed by atoms with van der Waals surface area (Å²) in [5, 5.41) is 2.30. The van der Waals surface area contributed by atoms with Crippen LogP contribution in [-0.2, 0) is 22.7 Å². The van der Waals surface area contributed by atoms with Gasteiger partial charge in [-0.15, -0.1) is 11.3 Å². The van der Waals surface area contributed by atoms with Gasteiger partial charge in [0, 0.05) is 67.4 Å². The minimum Gasteiger partial charge on any atom is -0.369 e. The summed E-state index contributed by atoms with van der Waals surface area (Å²) in [6.07, 6.45) is 0.483. The van der Waals surface area contributed by atoms with Gasteiger partial charge in [-0.1, -0.05) is 0 Å². The zero-order chi connectivity index (χ0) is 22.4. The number of halogens is 1. The number of amides is 3. The molecule has 1 aromatic heterocycles. The molecule has 1 unspecified atom stereocenters. The van der Waals surface area contributed by atoms with Crippen LogP contribution in [0.5, 0.6) is 0 Å². The van der Waals surface area contributed by atoms with Crippen molar-refractivity contribution < 1.29 is 18.8 Å². The van der Waals surface area contributed by atoms with Crippen molar-refractivity contribution in [3.8, 4) is 0 Å². The van der Waals surface area contributed by atoms with E-state index in [4.69, 9.17) is 0 Å². The third-order valence-electron chi connectivity index (χ3n) is 6.52. The van der Waals surface area contributed by atoms with E-state index in [2.05, 4.69) is 20.1 Å². The van der Waals surface area contributed by atoms with Gasteiger partial charge < -0.3 is 9.80 Å². The maximum Gasteiger partial charge on any atom is 0.255 e. The Labute approximate surface area is 189 Å². The van der Waals surface area contributed by atoms with Crippen LogP contribution in [0.2, 0.25) is 0 Å². The second kappa shape index (κ2) is 8.25. The predicted molar refractivity (Wildman–Crippen MR) is 117 cm³/mol. The standard InChI is InChI=1S/C22H24FN5O3S/c1-13-19(32-12-24-13)11-26-4-6-27(7-5-26)18-9-14(23)8-15-16(18)10-28(22(15)31)17-2-3-20(29)25-21(17)30/h8-9,12,17H,2-7,10-11H2,1H3,(H,25,29,30). The number of rotatable bonds is 4. The van der Waals surface area contributed by atoms with Gasteiger partial charge in [0.15, 0.2) is 0 Å². The highest BCUT2D eigenvalue weighted by molar-refractivity contribution is 7.09. The van der Waals surface area contributed by atoms with Gasteiger partial charge in [-0.2, -0.15) is 0 Å². The Morgan fingerprint density at radius 3 is 2.66 bits per heavy atom. The highest BCUT2D eigenvalue weighted by atomic mass is 32.1. The fourth-order valence-corrected chi connectivity index (χ4v) is 5.54. The molecule has 2 saturated heterocycles. The maximum atomic E-state index is 14.5. The number of piperazine rings is 1. The average Bonchev–Trinajstić information content (AvgIpc) is 3.31. The van der Waals surface area contributed by atoms with E-state index in [9.17, 15) is 18.8 Å². The van der Waals surface area contributed by atoms with Crippen LogP contribution in [0.15, 0.2) is 17.6 Å². The van der Waals surface area contributed by atoms with Crippen molar-refractivity contribution in [1.29, 1.82) is 0 Å². The second-order valence-electron chi connectivity index (χ2n) is 8.48. The summed E-state index contributed by atoms with van der Waals surface area (Å²) < 4.78 is 14.5. The Hall–Kier alpha value is -2.85. The molecule has 10 heteroatoms. The first-order valence-electron chi connectivity index (χ1n) is 10.7. The smallest absolute Gasteiger partial charge is 0.255 e. The Morgan fingerprint density at radius 2 is 1.97 bits per heavy atom. The van der Waals surface area contributed by atoms with Crippen LogP contribution in [0, 0.1) is 12.7 Å². The normalized spacial score (nSPS) is 21.8. The van der Waals surface area contributed by atoms with Crippen LogP contribution in [0.25, 0.3) is 0 Å². The SMILES string of the molecule is Cc1ncsc1CN1CCN(c2cc(F)cc3c2CN(C2CCC(=O)NC2=O)C3=O)CC1. The molecule has 0 aliphatic carbocycles. The molecule has 0 saturated carbocycles. The first kappa shape index (κ1) is 21.0. The molecule has 5 rings (SSSR count). The fourth-order valence-electron chi connectivity index (χ4n) is 4.72. The molecule has 1 N–H and O–H groups in total. The van der Waals surface area contributed by atoms with Gasteiger partial charge in [0.25, 0.3) is 5.91 Å². The average molecular weight is 458 g/mol. The number of thiazole rings is 1. The lowest BCUT2D eigenvalue weighted by molar-refractivity contribution is -0.136. The molecule has 1 atom stereocenters. The lowest BCUT2D eigenvalue weighted by atomic mass is 10.0. The van der Waals surface area contributed by atoms with E-state index >= 15 is 0 Å². The van der Waals surface area contributed by atoms with E-state index in [0.717, 1.165) is 49.7 Å². The summed E-state index contributed by atoms with van der Waals surface area (Å²) in [6, 6.07) is 2.04. The molecule has 1 aromatic carbocycles. The predicted octanol–water partition coefficient (Wildman–Crippen LogP) is 1.67. The van der Waals surface area contributed by atoms with Crippen LogP contribution in [0.3, 0.4) is 0 Å². The Morgan fingerprint density at radius 1 is 1.19 bits per heavy atom. The molecular weight excluding hydrogens is 433 g/mol. The number of hydrogen-bond acceptors (Lipinski definition) is 7. The molecule has 3 aliphatic rings. The third kappa shape index (κ3) is 3.77. The summed E-state index contributed by atoms with van der Waals surface area (Å²) in [5.74, 6) is -1.60. The molecule has 0 bridgehead atoms. The van der Waals surface area contributed by atoms with E-state index in [-0.39, 0.29) is 31.2 Å². The molecule has 168 valence electrons. The van der Waals surface area contributed by atoms with Crippen LogP contribution >= 0.6 is 11.3 Å². The summed E-state index contributed by atoms with van der Waals surface area (Å²) in [5.41, 5.74) is 4.71. The molecule has 0 spiro atoms. The maximum absolute atomic E-state index is 14.5. The van der Waals surface area contributed by atoms with Crippen LogP contribution < -0.4 is 10.2 Å².